The first-order chi connectivity index (χ1) is 11.2. The number of nitrogens with one attached hydrogen (secondary N) is 2. The van der Waals surface area contributed by atoms with Gasteiger partial charge in [0.15, 0.2) is 0 Å². The molecule has 2 heterocycles. The van der Waals surface area contributed by atoms with Gasteiger partial charge in [0, 0.05) is 30.6 Å². The number of likely N-dealkylation sites (N-methyl/N-ethyl adjacent to an activating group) is 1. The van der Waals surface area contributed by atoms with Crippen LogP contribution in [0.2, 0.25) is 0 Å². The molecule has 2 atom stereocenters. The Hall–Kier alpha value is -1.50. The van der Waals surface area contributed by atoms with Crippen molar-refractivity contribution in [2.45, 2.75) is 17.7 Å². The topological polar surface area (TPSA) is 59.0 Å². The molecule has 5 nitrogen and oxygen atoms in total. The average molecular weight is 367 g/mol. The van der Waals surface area contributed by atoms with Crippen molar-refractivity contribution in [2.24, 2.45) is 7.05 Å². The summed E-state index contributed by atoms with van der Waals surface area (Å²) in [6, 6.07) is 8.16. The van der Waals surface area contributed by atoms with E-state index in [0.29, 0.717) is 11.8 Å². The van der Waals surface area contributed by atoms with Gasteiger partial charge in [0.1, 0.15) is 6.04 Å². The van der Waals surface area contributed by atoms with Gasteiger partial charge in [-0.3, -0.25) is 9.48 Å². The average Bonchev–Trinajstić information content (AvgIpc) is 2.99. The van der Waals surface area contributed by atoms with Crippen molar-refractivity contribution in [1.29, 1.82) is 0 Å². The van der Waals surface area contributed by atoms with Crippen LogP contribution in [0, 0.1) is 0 Å². The standard InChI is InChI=1S/C17H22N4OS.ClH/c1-18-16(13-9-20-21(2)11-13)17(22)19-10-15-14-6-4-3-5-12(14)7-8-23-15;/h3-6,9,11,15-16,18H,7-8,10H2,1-2H3,(H,19,22);1H. The second-order valence-corrected chi connectivity index (χ2v) is 7.03. The number of hydrogen-bond acceptors (Lipinski definition) is 4. The molecule has 1 aromatic carbocycles. The molecule has 2 unspecified atom stereocenters. The molecule has 1 aliphatic heterocycles. The molecule has 2 N–H and O–H groups in total. The van der Waals surface area contributed by atoms with Gasteiger partial charge in [-0.1, -0.05) is 24.3 Å². The first-order valence-corrected chi connectivity index (χ1v) is 8.87. The Morgan fingerprint density at radius 1 is 1.46 bits per heavy atom. The molecular weight excluding hydrogens is 344 g/mol. The number of aromatic nitrogens is 2. The summed E-state index contributed by atoms with van der Waals surface area (Å²) in [5.41, 5.74) is 3.64. The van der Waals surface area contributed by atoms with Crippen LogP contribution in [-0.4, -0.2) is 35.0 Å². The zero-order valence-corrected chi connectivity index (χ0v) is 15.5. The number of hydrogen-bond donors (Lipinski definition) is 2. The molecule has 0 fully saturated rings. The van der Waals surface area contributed by atoms with Gasteiger partial charge in [-0.05, 0) is 30.3 Å². The number of halogens is 1. The third-order valence-electron chi connectivity index (χ3n) is 4.16. The number of nitrogens with zero attached hydrogens (tertiary/aromatic N) is 2. The van der Waals surface area contributed by atoms with Crippen LogP contribution in [0.5, 0.6) is 0 Å². The van der Waals surface area contributed by atoms with Crippen LogP contribution in [0.15, 0.2) is 36.7 Å². The molecule has 0 radical (unpaired) electrons. The van der Waals surface area contributed by atoms with E-state index in [2.05, 4.69) is 40.0 Å². The molecule has 1 aromatic heterocycles. The van der Waals surface area contributed by atoms with Crippen LogP contribution in [0.1, 0.15) is 28.0 Å². The molecule has 0 bridgehead atoms. The highest BCUT2D eigenvalue weighted by Crippen LogP contribution is 2.36. The lowest BCUT2D eigenvalue weighted by Crippen LogP contribution is -2.38. The predicted octanol–water partition coefficient (Wildman–Crippen LogP) is 2.25. The summed E-state index contributed by atoms with van der Waals surface area (Å²) in [7, 11) is 3.64. The van der Waals surface area contributed by atoms with Crippen molar-refractivity contribution in [3.8, 4) is 0 Å². The lowest BCUT2D eigenvalue weighted by molar-refractivity contribution is -0.123. The van der Waals surface area contributed by atoms with Crippen molar-refractivity contribution < 1.29 is 4.79 Å². The van der Waals surface area contributed by atoms with E-state index in [1.807, 2.05) is 25.0 Å². The third kappa shape index (κ3) is 4.12. The first kappa shape index (κ1) is 18.8. The number of benzene rings is 1. The van der Waals surface area contributed by atoms with Crippen LogP contribution in [0.25, 0.3) is 0 Å². The zero-order chi connectivity index (χ0) is 16.2. The molecule has 2 aromatic rings. The van der Waals surface area contributed by atoms with Crippen molar-refractivity contribution in [3.05, 3.63) is 53.3 Å². The molecule has 130 valence electrons. The maximum Gasteiger partial charge on any atom is 0.241 e. The number of amides is 1. The second-order valence-electron chi connectivity index (χ2n) is 5.72. The van der Waals surface area contributed by atoms with Crippen LogP contribution in [0.4, 0.5) is 0 Å². The summed E-state index contributed by atoms with van der Waals surface area (Å²) in [5.74, 6) is 1.10. The zero-order valence-electron chi connectivity index (χ0n) is 13.9. The summed E-state index contributed by atoms with van der Waals surface area (Å²) in [6.45, 7) is 0.652. The summed E-state index contributed by atoms with van der Waals surface area (Å²) >= 11 is 1.92. The number of carbonyl (C=O) groups excluding carboxylic acids is 1. The van der Waals surface area contributed by atoms with E-state index in [4.69, 9.17) is 0 Å². The van der Waals surface area contributed by atoms with E-state index in [1.54, 1.807) is 17.9 Å². The quantitative estimate of drug-likeness (QED) is 0.852. The summed E-state index contributed by atoms with van der Waals surface area (Å²) in [6.07, 6.45) is 4.71. The van der Waals surface area contributed by atoms with Crippen LogP contribution in [-0.2, 0) is 18.3 Å². The minimum Gasteiger partial charge on any atom is -0.353 e. The SMILES string of the molecule is CNC(C(=O)NCC1SCCc2ccccc21)c1cnn(C)c1.Cl. The predicted molar refractivity (Wildman–Crippen MR) is 101 cm³/mol. The van der Waals surface area contributed by atoms with Crippen LogP contribution in [0.3, 0.4) is 0 Å². The van der Waals surface area contributed by atoms with Gasteiger partial charge in [-0.25, -0.2) is 0 Å². The van der Waals surface area contributed by atoms with Crippen molar-refractivity contribution in [1.82, 2.24) is 20.4 Å². The molecule has 7 heteroatoms. The maximum atomic E-state index is 12.5. The lowest BCUT2D eigenvalue weighted by atomic mass is 10.0. The smallest absolute Gasteiger partial charge is 0.241 e. The molecule has 0 saturated carbocycles. The van der Waals surface area contributed by atoms with Gasteiger partial charge >= 0.3 is 0 Å². The fourth-order valence-corrected chi connectivity index (χ4v) is 4.21. The fraction of sp³-hybridized carbons (Fsp3) is 0.412. The van der Waals surface area contributed by atoms with Gasteiger partial charge in [0.25, 0.3) is 0 Å². The lowest BCUT2D eigenvalue weighted by Gasteiger charge is -2.26. The Kier molecular flexibility index (Phi) is 6.71. The maximum absolute atomic E-state index is 12.5. The van der Waals surface area contributed by atoms with E-state index >= 15 is 0 Å². The minimum absolute atomic E-state index is 0. The summed E-state index contributed by atoms with van der Waals surface area (Å²) in [5, 5.41) is 10.6. The van der Waals surface area contributed by atoms with E-state index in [-0.39, 0.29) is 24.4 Å². The highest BCUT2D eigenvalue weighted by atomic mass is 35.5. The molecule has 1 aliphatic rings. The second kappa shape index (κ2) is 8.55. The Balaban J connectivity index is 0.00000208. The van der Waals surface area contributed by atoms with Crippen molar-refractivity contribution in [3.63, 3.8) is 0 Å². The van der Waals surface area contributed by atoms with Gasteiger partial charge in [-0.2, -0.15) is 16.9 Å². The number of carbonyl (C=O) groups is 1. The highest BCUT2D eigenvalue weighted by molar-refractivity contribution is 7.99. The van der Waals surface area contributed by atoms with Gasteiger partial charge in [0.05, 0.1) is 6.20 Å². The number of aryl methyl sites for hydroxylation is 2. The normalized spacial score (nSPS) is 17.5. The summed E-state index contributed by atoms with van der Waals surface area (Å²) < 4.78 is 1.71. The van der Waals surface area contributed by atoms with E-state index in [9.17, 15) is 4.79 Å². The molecule has 0 aliphatic carbocycles. The molecule has 3 rings (SSSR count). The molecule has 0 saturated heterocycles. The van der Waals surface area contributed by atoms with Gasteiger partial charge < -0.3 is 10.6 Å². The van der Waals surface area contributed by atoms with Crippen molar-refractivity contribution in [2.75, 3.05) is 19.3 Å². The summed E-state index contributed by atoms with van der Waals surface area (Å²) in [4.78, 5) is 12.5. The van der Waals surface area contributed by atoms with E-state index in [1.165, 1.54) is 11.1 Å². The minimum atomic E-state index is -0.368. The Bertz CT molecular complexity index is 691. The monoisotopic (exact) mass is 366 g/mol. The molecule has 0 spiro atoms. The fourth-order valence-electron chi connectivity index (χ4n) is 2.98. The van der Waals surface area contributed by atoms with Gasteiger partial charge in [-0.15, -0.1) is 12.4 Å². The Labute approximate surface area is 153 Å². The molecule has 24 heavy (non-hydrogen) atoms. The van der Waals surface area contributed by atoms with E-state index in [0.717, 1.165) is 17.7 Å². The Morgan fingerprint density at radius 3 is 2.96 bits per heavy atom. The van der Waals surface area contributed by atoms with E-state index < -0.39 is 0 Å². The Morgan fingerprint density at radius 2 is 2.25 bits per heavy atom. The van der Waals surface area contributed by atoms with Crippen molar-refractivity contribution >= 4 is 30.1 Å². The highest BCUT2D eigenvalue weighted by Gasteiger charge is 2.24. The first-order valence-electron chi connectivity index (χ1n) is 7.82. The largest absolute Gasteiger partial charge is 0.353 e. The van der Waals surface area contributed by atoms with Crippen LogP contribution < -0.4 is 10.6 Å². The number of fused-ring (bicyclic) bond motifs is 1. The van der Waals surface area contributed by atoms with Gasteiger partial charge in [0.2, 0.25) is 5.91 Å². The molecule has 1 amide bonds. The number of rotatable bonds is 5. The number of thioether (sulfide) groups is 1. The van der Waals surface area contributed by atoms with Crippen LogP contribution >= 0.6 is 24.2 Å². The third-order valence-corrected chi connectivity index (χ3v) is 5.43. The molecular formula is C17H23ClN4OS.